The summed E-state index contributed by atoms with van der Waals surface area (Å²) in [6.07, 6.45) is 0. The van der Waals surface area contributed by atoms with E-state index < -0.39 is 11.6 Å². The molecule has 0 saturated carbocycles. The summed E-state index contributed by atoms with van der Waals surface area (Å²) in [7, 11) is 0. The van der Waals surface area contributed by atoms with Crippen molar-refractivity contribution in [2.24, 2.45) is 10.7 Å². The fourth-order valence-corrected chi connectivity index (χ4v) is 1.46. The Hall–Kier alpha value is -1.17. The van der Waals surface area contributed by atoms with Crippen molar-refractivity contribution >= 4 is 27.6 Å². The van der Waals surface area contributed by atoms with Gasteiger partial charge in [-0.2, -0.15) is 0 Å². The van der Waals surface area contributed by atoms with Gasteiger partial charge < -0.3 is 11.1 Å². The molecule has 0 heterocycles. The first-order valence-corrected chi connectivity index (χ1v) is 5.75. The highest BCUT2D eigenvalue weighted by Gasteiger charge is 2.11. The van der Waals surface area contributed by atoms with Crippen molar-refractivity contribution in [2.45, 2.75) is 26.3 Å². The maximum Gasteiger partial charge on any atom is 0.193 e. The highest BCUT2D eigenvalue weighted by atomic mass is 79.9. The highest BCUT2D eigenvalue weighted by molar-refractivity contribution is 9.10. The van der Waals surface area contributed by atoms with Crippen molar-refractivity contribution < 1.29 is 8.78 Å². The molecule has 0 amide bonds. The SMILES string of the molecule is CC(C)(C)N=C(N)Nc1cc(F)c(Br)cc1F. The molecule has 0 aliphatic carbocycles. The summed E-state index contributed by atoms with van der Waals surface area (Å²) in [6, 6.07) is 2.05. The summed E-state index contributed by atoms with van der Waals surface area (Å²) < 4.78 is 26.7. The summed E-state index contributed by atoms with van der Waals surface area (Å²) >= 11 is 2.89. The molecule has 0 aromatic heterocycles. The van der Waals surface area contributed by atoms with Crippen LogP contribution in [-0.4, -0.2) is 11.5 Å². The number of nitrogens with one attached hydrogen (secondary N) is 1. The van der Waals surface area contributed by atoms with Gasteiger partial charge >= 0.3 is 0 Å². The van der Waals surface area contributed by atoms with Crippen LogP contribution in [0.3, 0.4) is 0 Å². The van der Waals surface area contributed by atoms with Gasteiger partial charge in [0.15, 0.2) is 5.96 Å². The number of rotatable bonds is 1. The second kappa shape index (κ2) is 5.00. The molecular formula is C11H14BrF2N3. The van der Waals surface area contributed by atoms with Gasteiger partial charge in [-0.15, -0.1) is 0 Å². The second-order valence-electron chi connectivity index (χ2n) is 4.54. The summed E-state index contributed by atoms with van der Waals surface area (Å²) in [4.78, 5) is 4.08. The molecule has 3 nitrogen and oxygen atoms in total. The van der Waals surface area contributed by atoms with E-state index in [1.54, 1.807) is 0 Å². The third kappa shape index (κ3) is 4.30. The van der Waals surface area contributed by atoms with E-state index in [4.69, 9.17) is 5.73 Å². The number of guanidine groups is 1. The van der Waals surface area contributed by atoms with Crippen molar-refractivity contribution in [3.05, 3.63) is 28.2 Å². The lowest BCUT2D eigenvalue weighted by Gasteiger charge is -2.15. The molecule has 1 aromatic rings. The first-order valence-electron chi connectivity index (χ1n) is 4.96. The molecule has 1 rings (SSSR count). The van der Waals surface area contributed by atoms with Crippen LogP contribution in [0.2, 0.25) is 0 Å². The largest absolute Gasteiger partial charge is 0.370 e. The van der Waals surface area contributed by atoms with E-state index in [1.165, 1.54) is 0 Å². The molecule has 94 valence electrons. The van der Waals surface area contributed by atoms with E-state index in [9.17, 15) is 8.78 Å². The topological polar surface area (TPSA) is 50.4 Å². The maximum absolute atomic E-state index is 13.5. The number of nitrogens with two attached hydrogens (primary N) is 1. The summed E-state index contributed by atoms with van der Waals surface area (Å²) in [5.41, 5.74) is 5.15. The van der Waals surface area contributed by atoms with Crippen LogP contribution < -0.4 is 11.1 Å². The Morgan fingerprint density at radius 1 is 1.29 bits per heavy atom. The minimum Gasteiger partial charge on any atom is -0.370 e. The number of halogens is 3. The Kier molecular flexibility index (Phi) is 4.08. The number of anilines is 1. The Morgan fingerprint density at radius 3 is 2.41 bits per heavy atom. The molecule has 0 saturated heterocycles. The highest BCUT2D eigenvalue weighted by Crippen LogP contribution is 2.23. The van der Waals surface area contributed by atoms with Crippen LogP contribution in [0, 0.1) is 11.6 Å². The van der Waals surface area contributed by atoms with Crippen LogP contribution in [0.4, 0.5) is 14.5 Å². The third-order valence-corrected chi connectivity index (χ3v) is 2.34. The zero-order chi connectivity index (χ0) is 13.2. The first kappa shape index (κ1) is 13.9. The molecular weight excluding hydrogens is 292 g/mol. The van der Waals surface area contributed by atoms with Crippen molar-refractivity contribution in [3.63, 3.8) is 0 Å². The van der Waals surface area contributed by atoms with Gasteiger partial charge in [-0.1, -0.05) is 0 Å². The monoisotopic (exact) mass is 305 g/mol. The Balaban J connectivity index is 2.97. The molecule has 17 heavy (non-hydrogen) atoms. The quantitative estimate of drug-likeness (QED) is 0.475. The molecule has 0 unspecified atom stereocenters. The first-order chi connectivity index (χ1) is 7.69. The summed E-state index contributed by atoms with van der Waals surface area (Å²) in [5, 5.41) is 2.53. The smallest absolute Gasteiger partial charge is 0.193 e. The van der Waals surface area contributed by atoms with Gasteiger partial charge in [-0.05, 0) is 42.8 Å². The zero-order valence-corrected chi connectivity index (χ0v) is 11.4. The number of nitrogens with zero attached hydrogens (tertiary/aromatic N) is 1. The van der Waals surface area contributed by atoms with E-state index in [0.717, 1.165) is 12.1 Å². The number of aliphatic imine (C=N–C) groups is 1. The van der Waals surface area contributed by atoms with Crippen molar-refractivity contribution in [2.75, 3.05) is 5.32 Å². The number of hydrogen-bond acceptors (Lipinski definition) is 1. The van der Waals surface area contributed by atoms with Crippen molar-refractivity contribution in [1.29, 1.82) is 0 Å². The van der Waals surface area contributed by atoms with Gasteiger partial charge in [0.1, 0.15) is 11.6 Å². The Labute approximate surface area is 107 Å². The zero-order valence-electron chi connectivity index (χ0n) is 9.81. The van der Waals surface area contributed by atoms with E-state index in [2.05, 4.69) is 26.2 Å². The fourth-order valence-electron chi connectivity index (χ4n) is 1.15. The maximum atomic E-state index is 13.5. The van der Waals surface area contributed by atoms with Crippen LogP contribution in [0.15, 0.2) is 21.6 Å². The minimum absolute atomic E-state index is 0.0399. The fraction of sp³-hybridized carbons (Fsp3) is 0.364. The van der Waals surface area contributed by atoms with Crippen LogP contribution in [0.1, 0.15) is 20.8 Å². The normalized spacial score (nSPS) is 12.7. The van der Waals surface area contributed by atoms with E-state index >= 15 is 0 Å². The second-order valence-corrected chi connectivity index (χ2v) is 5.39. The Bertz CT molecular complexity index is 453. The summed E-state index contributed by atoms with van der Waals surface area (Å²) in [6.45, 7) is 5.54. The summed E-state index contributed by atoms with van der Waals surface area (Å²) in [5.74, 6) is -1.14. The van der Waals surface area contributed by atoms with Gasteiger partial charge in [0.05, 0.1) is 15.7 Å². The van der Waals surface area contributed by atoms with E-state index in [1.807, 2.05) is 20.8 Å². The van der Waals surface area contributed by atoms with E-state index in [0.29, 0.717) is 0 Å². The van der Waals surface area contributed by atoms with E-state index in [-0.39, 0.29) is 21.7 Å². The molecule has 0 atom stereocenters. The third-order valence-electron chi connectivity index (χ3n) is 1.73. The van der Waals surface area contributed by atoms with Crippen LogP contribution >= 0.6 is 15.9 Å². The molecule has 0 aliphatic heterocycles. The number of benzene rings is 1. The van der Waals surface area contributed by atoms with Crippen LogP contribution in [0.25, 0.3) is 0 Å². The molecule has 3 N–H and O–H groups in total. The van der Waals surface area contributed by atoms with Gasteiger partial charge in [-0.3, -0.25) is 0 Å². The predicted molar refractivity (Wildman–Crippen MR) is 69.1 cm³/mol. The average molecular weight is 306 g/mol. The molecule has 0 aliphatic rings. The van der Waals surface area contributed by atoms with Crippen LogP contribution in [0.5, 0.6) is 0 Å². The van der Waals surface area contributed by atoms with Gasteiger partial charge in [-0.25, -0.2) is 13.8 Å². The van der Waals surface area contributed by atoms with Gasteiger partial charge in [0.2, 0.25) is 0 Å². The lowest BCUT2D eigenvalue weighted by atomic mass is 10.1. The van der Waals surface area contributed by atoms with Gasteiger partial charge in [0, 0.05) is 6.07 Å². The molecule has 0 radical (unpaired) electrons. The van der Waals surface area contributed by atoms with Crippen molar-refractivity contribution in [1.82, 2.24) is 0 Å². The Morgan fingerprint density at radius 2 is 1.88 bits per heavy atom. The van der Waals surface area contributed by atoms with Crippen LogP contribution in [-0.2, 0) is 0 Å². The molecule has 0 spiro atoms. The standard InChI is InChI=1S/C11H14BrF2N3/c1-11(2,3)17-10(15)16-9-5-7(13)6(12)4-8(9)14/h4-5H,1-3H3,(H3,15,16,17). The van der Waals surface area contributed by atoms with Gasteiger partial charge in [0.25, 0.3) is 0 Å². The lowest BCUT2D eigenvalue weighted by molar-refractivity contribution is 0.582. The minimum atomic E-state index is -0.606. The lowest BCUT2D eigenvalue weighted by Crippen LogP contribution is -2.27. The molecule has 0 bridgehead atoms. The molecule has 0 fully saturated rings. The van der Waals surface area contributed by atoms with Crippen molar-refractivity contribution in [3.8, 4) is 0 Å². The predicted octanol–water partition coefficient (Wildman–Crippen LogP) is 3.25. The number of hydrogen-bond donors (Lipinski definition) is 2. The molecule has 6 heteroatoms. The molecule has 1 aromatic carbocycles. The average Bonchev–Trinajstić information content (AvgIpc) is 2.11.